The number of rotatable bonds is 1. The average Bonchev–Trinajstić information content (AvgIpc) is 2.24. The summed E-state index contributed by atoms with van der Waals surface area (Å²) >= 11 is 0. The number of carboxylic acid groups (broad SMARTS) is 1. The minimum Gasteiger partial charge on any atom is -0.477 e. The Morgan fingerprint density at radius 2 is 1.93 bits per heavy atom. The summed E-state index contributed by atoms with van der Waals surface area (Å²) in [5.74, 6) is -1.19. The van der Waals surface area contributed by atoms with Crippen LogP contribution in [0.15, 0.2) is 4.79 Å². The van der Waals surface area contributed by atoms with Crippen molar-refractivity contribution in [2.24, 2.45) is 0 Å². The van der Waals surface area contributed by atoms with Gasteiger partial charge in [-0.1, -0.05) is 0 Å². The SMILES string of the molecule is Cc1[nH]n(C(C)(C)C)c(=O)c1C(=O)O. The van der Waals surface area contributed by atoms with Gasteiger partial charge in [0, 0.05) is 5.69 Å². The number of nitrogens with one attached hydrogen (secondary N) is 1. The van der Waals surface area contributed by atoms with Crippen molar-refractivity contribution in [1.82, 2.24) is 9.78 Å². The summed E-state index contributed by atoms with van der Waals surface area (Å²) in [5, 5.41) is 11.5. The minimum absolute atomic E-state index is 0.181. The summed E-state index contributed by atoms with van der Waals surface area (Å²) < 4.78 is 1.33. The molecule has 0 spiro atoms. The zero-order valence-electron chi connectivity index (χ0n) is 8.71. The fraction of sp³-hybridized carbons (Fsp3) is 0.556. The molecule has 1 aromatic rings. The molecule has 0 aliphatic rings. The van der Waals surface area contributed by atoms with Crippen LogP contribution in [0.5, 0.6) is 0 Å². The molecule has 78 valence electrons. The molecule has 0 atom stereocenters. The maximum absolute atomic E-state index is 11.6. The molecule has 5 heteroatoms. The molecule has 5 nitrogen and oxygen atoms in total. The van der Waals surface area contributed by atoms with Crippen molar-refractivity contribution in [2.75, 3.05) is 0 Å². The predicted octanol–water partition coefficient (Wildman–Crippen LogP) is 0.938. The highest BCUT2D eigenvalue weighted by Gasteiger charge is 2.23. The van der Waals surface area contributed by atoms with Gasteiger partial charge in [0.15, 0.2) is 0 Å². The number of carbonyl (C=O) groups is 1. The molecular weight excluding hydrogens is 184 g/mol. The van der Waals surface area contributed by atoms with Gasteiger partial charge < -0.3 is 5.11 Å². The van der Waals surface area contributed by atoms with Crippen molar-refractivity contribution in [3.05, 3.63) is 21.6 Å². The summed E-state index contributed by atoms with van der Waals surface area (Å²) in [6, 6.07) is 0. The highest BCUT2D eigenvalue weighted by atomic mass is 16.4. The van der Waals surface area contributed by atoms with E-state index in [1.807, 2.05) is 20.8 Å². The number of aromatic nitrogens is 2. The third-order valence-electron chi connectivity index (χ3n) is 1.96. The Morgan fingerprint density at radius 1 is 1.43 bits per heavy atom. The molecule has 1 rings (SSSR count). The van der Waals surface area contributed by atoms with E-state index in [1.54, 1.807) is 6.92 Å². The summed E-state index contributed by atoms with van der Waals surface area (Å²) in [6.45, 7) is 7.06. The van der Waals surface area contributed by atoms with Crippen molar-refractivity contribution < 1.29 is 9.90 Å². The van der Waals surface area contributed by atoms with Crippen LogP contribution in [0.2, 0.25) is 0 Å². The lowest BCUT2D eigenvalue weighted by molar-refractivity contribution is 0.0694. The number of aromatic amines is 1. The van der Waals surface area contributed by atoms with Gasteiger partial charge >= 0.3 is 5.97 Å². The van der Waals surface area contributed by atoms with Gasteiger partial charge in [-0.15, -0.1) is 0 Å². The van der Waals surface area contributed by atoms with Crippen molar-refractivity contribution in [1.29, 1.82) is 0 Å². The lowest BCUT2D eigenvalue weighted by atomic mass is 10.1. The fourth-order valence-electron chi connectivity index (χ4n) is 1.27. The minimum atomic E-state index is -1.19. The van der Waals surface area contributed by atoms with Crippen LogP contribution in [-0.2, 0) is 5.54 Å². The number of carboxylic acids is 1. The topological polar surface area (TPSA) is 75.1 Å². The van der Waals surface area contributed by atoms with Gasteiger partial charge in [0.1, 0.15) is 5.56 Å². The van der Waals surface area contributed by atoms with Crippen LogP contribution in [0, 0.1) is 6.92 Å². The second kappa shape index (κ2) is 3.01. The van der Waals surface area contributed by atoms with Crippen LogP contribution in [0.3, 0.4) is 0 Å². The van der Waals surface area contributed by atoms with Gasteiger partial charge in [0.25, 0.3) is 5.56 Å². The second-order valence-corrected chi connectivity index (χ2v) is 4.23. The molecule has 0 fully saturated rings. The van der Waals surface area contributed by atoms with Crippen LogP contribution in [0.1, 0.15) is 36.8 Å². The van der Waals surface area contributed by atoms with Crippen molar-refractivity contribution in [2.45, 2.75) is 33.2 Å². The van der Waals surface area contributed by atoms with E-state index in [0.717, 1.165) is 0 Å². The van der Waals surface area contributed by atoms with Crippen LogP contribution in [0.25, 0.3) is 0 Å². The summed E-state index contributed by atoms with van der Waals surface area (Å²) in [5.41, 5.74) is -0.713. The quantitative estimate of drug-likeness (QED) is 0.705. The summed E-state index contributed by atoms with van der Waals surface area (Å²) in [4.78, 5) is 22.4. The van der Waals surface area contributed by atoms with E-state index in [4.69, 9.17) is 5.11 Å². The molecule has 0 saturated carbocycles. The molecule has 2 N–H and O–H groups in total. The van der Waals surface area contributed by atoms with Gasteiger partial charge in [-0.3, -0.25) is 9.89 Å². The molecule has 0 saturated heterocycles. The molecule has 0 aliphatic carbocycles. The largest absolute Gasteiger partial charge is 0.477 e. The van der Waals surface area contributed by atoms with E-state index >= 15 is 0 Å². The second-order valence-electron chi connectivity index (χ2n) is 4.23. The molecule has 0 bridgehead atoms. The van der Waals surface area contributed by atoms with E-state index in [2.05, 4.69) is 5.10 Å². The Hall–Kier alpha value is -1.52. The molecule has 0 radical (unpaired) electrons. The number of hydrogen-bond donors (Lipinski definition) is 2. The highest BCUT2D eigenvalue weighted by molar-refractivity contribution is 5.88. The standard InChI is InChI=1S/C9H14N2O3/c1-5-6(8(13)14)7(12)11(10-5)9(2,3)4/h10H,1-4H3,(H,13,14). The van der Waals surface area contributed by atoms with E-state index in [1.165, 1.54) is 4.68 Å². The van der Waals surface area contributed by atoms with Crippen molar-refractivity contribution >= 4 is 5.97 Å². The fourth-order valence-corrected chi connectivity index (χ4v) is 1.27. The first kappa shape index (κ1) is 10.6. The Labute approximate surface area is 81.3 Å². The van der Waals surface area contributed by atoms with Gasteiger partial charge in [-0.05, 0) is 27.7 Å². The van der Waals surface area contributed by atoms with Crippen molar-refractivity contribution in [3.63, 3.8) is 0 Å². The maximum atomic E-state index is 11.6. The normalized spacial score (nSPS) is 11.7. The number of hydrogen-bond acceptors (Lipinski definition) is 2. The zero-order valence-corrected chi connectivity index (χ0v) is 8.71. The Balaban J connectivity index is 3.47. The number of nitrogens with zero attached hydrogens (tertiary/aromatic N) is 1. The molecule has 0 unspecified atom stereocenters. The molecule has 1 aromatic heterocycles. The van der Waals surface area contributed by atoms with Gasteiger partial charge in [0.05, 0.1) is 5.54 Å². The first-order valence-electron chi connectivity index (χ1n) is 4.30. The lowest BCUT2D eigenvalue weighted by Gasteiger charge is -2.18. The first-order chi connectivity index (χ1) is 6.25. The van der Waals surface area contributed by atoms with Gasteiger partial charge in [-0.2, -0.15) is 0 Å². The Bertz CT molecular complexity index is 420. The average molecular weight is 198 g/mol. The predicted molar refractivity (Wildman–Crippen MR) is 51.7 cm³/mol. The molecular formula is C9H14N2O3. The molecule has 0 amide bonds. The number of H-pyrrole nitrogens is 1. The molecule has 1 heterocycles. The number of aryl methyl sites for hydroxylation is 1. The summed E-state index contributed by atoms with van der Waals surface area (Å²) in [6.07, 6.45) is 0. The van der Waals surface area contributed by atoms with Crippen LogP contribution in [0.4, 0.5) is 0 Å². The maximum Gasteiger partial charge on any atom is 0.343 e. The lowest BCUT2D eigenvalue weighted by Crippen LogP contribution is -2.34. The van der Waals surface area contributed by atoms with Crippen LogP contribution < -0.4 is 5.56 Å². The molecule has 14 heavy (non-hydrogen) atoms. The number of aromatic carboxylic acids is 1. The zero-order chi connectivity index (χ0) is 11.1. The Morgan fingerprint density at radius 3 is 2.14 bits per heavy atom. The van der Waals surface area contributed by atoms with Crippen molar-refractivity contribution in [3.8, 4) is 0 Å². The Kier molecular flexibility index (Phi) is 2.27. The van der Waals surface area contributed by atoms with E-state index in [-0.39, 0.29) is 5.56 Å². The van der Waals surface area contributed by atoms with E-state index in [9.17, 15) is 9.59 Å². The van der Waals surface area contributed by atoms with E-state index < -0.39 is 17.1 Å². The van der Waals surface area contributed by atoms with Gasteiger partial charge in [0.2, 0.25) is 0 Å². The molecule has 0 aliphatic heterocycles. The van der Waals surface area contributed by atoms with Crippen LogP contribution in [-0.4, -0.2) is 20.9 Å². The first-order valence-corrected chi connectivity index (χ1v) is 4.30. The monoisotopic (exact) mass is 198 g/mol. The molecule has 0 aromatic carbocycles. The summed E-state index contributed by atoms with van der Waals surface area (Å²) in [7, 11) is 0. The smallest absolute Gasteiger partial charge is 0.343 e. The third kappa shape index (κ3) is 1.57. The highest BCUT2D eigenvalue weighted by Crippen LogP contribution is 2.11. The third-order valence-corrected chi connectivity index (χ3v) is 1.96. The van der Waals surface area contributed by atoms with Crippen LogP contribution >= 0.6 is 0 Å². The van der Waals surface area contributed by atoms with Gasteiger partial charge in [-0.25, -0.2) is 9.48 Å². The van der Waals surface area contributed by atoms with E-state index in [0.29, 0.717) is 5.69 Å².